The van der Waals surface area contributed by atoms with Crippen LogP contribution >= 0.6 is 0 Å². The van der Waals surface area contributed by atoms with Gasteiger partial charge in [0.2, 0.25) is 11.8 Å². The van der Waals surface area contributed by atoms with Crippen LogP contribution in [0.2, 0.25) is 0 Å². The summed E-state index contributed by atoms with van der Waals surface area (Å²) in [6.07, 6.45) is 0.642. The summed E-state index contributed by atoms with van der Waals surface area (Å²) in [6, 6.07) is 12.7. The number of rotatable bonds is 5. The molecule has 3 atom stereocenters. The van der Waals surface area contributed by atoms with Crippen molar-refractivity contribution < 1.29 is 14.4 Å². The van der Waals surface area contributed by atoms with Crippen LogP contribution in [-0.2, 0) is 16.1 Å². The predicted molar refractivity (Wildman–Crippen MR) is 110 cm³/mol. The molecule has 2 bridgehead atoms. The largest absolute Gasteiger partial charge is 0.370 e. The lowest BCUT2D eigenvalue weighted by molar-refractivity contribution is -0.137. The Hall–Kier alpha value is -3.42. The van der Waals surface area contributed by atoms with E-state index in [1.807, 2.05) is 6.07 Å². The van der Waals surface area contributed by atoms with Crippen LogP contribution in [0.25, 0.3) is 0 Å². The SMILES string of the molecule is NC(=O)CC(NC(=O)c1ccccc1)C(=O)N1CC2C[C@H](C1)c1cccc(=O)n1C2. The van der Waals surface area contributed by atoms with E-state index in [1.54, 1.807) is 51.9 Å². The first kappa shape index (κ1) is 19.9. The van der Waals surface area contributed by atoms with Crippen molar-refractivity contribution in [3.63, 3.8) is 0 Å². The van der Waals surface area contributed by atoms with Crippen molar-refractivity contribution in [2.45, 2.75) is 31.3 Å². The van der Waals surface area contributed by atoms with Crippen LogP contribution in [-0.4, -0.2) is 46.3 Å². The molecule has 8 heteroatoms. The molecule has 3 amide bonds. The van der Waals surface area contributed by atoms with Crippen molar-refractivity contribution >= 4 is 17.7 Å². The molecule has 1 saturated heterocycles. The zero-order valence-electron chi connectivity index (χ0n) is 16.5. The van der Waals surface area contributed by atoms with E-state index in [-0.39, 0.29) is 29.7 Å². The number of hydrogen-bond donors (Lipinski definition) is 2. The van der Waals surface area contributed by atoms with E-state index in [1.165, 1.54) is 0 Å². The van der Waals surface area contributed by atoms with E-state index in [0.29, 0.717) is 25.2 Å². The number of likely N-dealkylation sites (tertiary alicyclic amines) is 1. The monoisotopic (exact) mass is 408 g/mol. The zero-order chi connectivity index (χ0) is 21.3. The van der Waals surface area contributed by atoms with Gasteiger partial charge in [-0.25, -0.2) is 0 Å². The highest BCUT2D eigenvalue weighted by molar-refractivity contribution is 5.98. The molecule has 0 saturated carbocycles. The molecule has 0 spiro atoms. The number of amides is 3. The van der Waals surface area contributed by atoms with Crippen molar-refractivity contribution in [3.05, 3.63) is 70.1 Å². The van der Waals surface area contributed by atoms with Gasteiger partial charge in [-0.15, -0.1) is 0 Å². The Morgan fingerprint density at radius 2 is 1.80 bits per heavy atom. The van der Waals surface area contributed by atoms with E-state index in [2.05, 4.69) is 5.32 Å². The molecule has 1 fully saturated rings. The highest BCUT2D eigenvalue weighted by Gasteiger charge is 2.38. The molecule has 3 N–H and O–H groups in total. The predicted octanol–water partition coefficient (Wildman–Crippen LogP) is 0.468. The van der Waals surface area contributed by atoms with Gasteiger partial charge in [-0.3, -0.25) is 19.2 Å². The molecule has 2 aliphatic rings. The molecule has 156 valence electrons. The second-order valence-corrected chi connectivity index (χ2v) is 8.00. The van der Waals surface area contributed by atoms with Crippen LogP contribution in [0.15, 0.2) is 53.3 Å². The summed E-state index contributed by atoms with van der Waals surface area (Å²) in [5.74, 6) is -1.20. The summed E-state index contributed by atoms with van der Waals surface area (Å²) in [4.78, 5) is 51.2. The van der Waals surface area contributed by atoms with Gasteiger partial charge in [0.25, 0.3) is 11.5 Å². The molecule has 1 aromatic heterocycles. The fraction of sp³-hybridized carbons (Fsp3) is 0.364. The number of benzene rings is 1. The van der Waals surface area contributed by atoms with Gasteiger partial charge in [-0.1, -0.05) is 24.3 Å². The smallest absolute Gasteiger partial charge is 0.251 e. The number of nitrogens with one attached hydrogen (secondary N) is 1. The highest BCUT2D eigenvalue weighted by Crippen LogP contribution is 2.35. The summed E-state index contributed by atoms with van der Waals surface area (Å²) in [5, 5.41) is 2.67. The van der Waals surface area contributed by atoms with Crippen molar-refractivity contribution in [2.75, 3.05) is 13.1 Å². The van der Waals surface area contributed by atoms with Gasteiger partial charge >= 0.3 is 0 Å². The van der Waals surface area contributed by atoms with E-state index >= 15 is 0 Å². The van der Waals surface area contributed by atoms with Gasteiger partial charge in [-0.2, -0.15) is 0 Å². The average Bonchev–Trinajstić information content (AvgIpc) is 2.73. The van der Waals surface area contributed by atoms with Gasteiger partial charge in [-0.05, 0) is 30.5 Å². The van der Waals surface area contributed by atoms with Crippen molar-refractivity contribution in [1.29, 1.82) is 0 Å². The molecular weight excluding hydrogens is 384 g/mol. The van der Waals surface area contributed by atoms with Gasteiger partial charge in [0.15, 0.2) is 0 Å². The van der Waals surface area contributed by atoms with Crippen LogP contribution in [0.4, 0.5) is 0 Å². The normalized spacial score (nSPS) is 20.7. The molecular formula is C22H24N4O4. The molecule has 0 radical (unpaired) electrons. The molecule has 2 unspecified atom stereocenters. The summed E-state index contributed by atoms with van der Waals surface area (Å²) in [7, 11) is 0. The number of carbonyl (C=O) groups is 3. The molecule has 8 nitrogen and oxygen atoms in total. The van der Waals surface area contributed by atoms with Gasteiger partial charge in [0.05, 0.1) is 6.42 Å². The van der Waals surface area contributed by atoms with Crippen molar-refractivity contribution in [3.8, 4) is 0 Å². The molecule has 4 rings (SSSR count). The summed E-state index contributed by atoms with van der Waals surface area (Å²) >= 11 is 0. The number of nitrogens with zero attached hydrogens (tertiary/aromatic N) is 2. The maximum atomic E-state index is 13.2. The van der Waals surface area contributed by atoms with E-state index in [4.69, 9.17) is 5.73 Å². The van der Waals surface area contributed by atoms with Gasteiger partial charge in [0, 0.05) is 42.9 Å². The van der Waals surface area contributed by atoms with E-state index in [0.717, 1.165) is 12.1 Å². The Labute approximate surface area is 173 Å². The standard InChI is InChI=1S/C22H24N4O4/c23-19(27)10-17(24-21(29)15-5-2-1-3-6-15)22(30)25-11-14-9-16(13-25)18-7-4-8-20(28)26(18)12-14/h1-8,14,16-17H,9-13H2,(H2,23,27)(H,24,29)/t14?,16-,17?/m1/s1. The number of nitrogens with two attached hydrogens (primary N) is 1. The van der Waals surface area contributed by atoms with Crippen LogP contribution < -0.4 is 16.6 Å². The first-order valence-electron chi connectivity index (χ1n) is 10.0. The Balaban J connectivity index is 1.53. The van der Waals surface area contributed by atoms with Crippen molar-refractivity contribution in [2.24, 2.45) is 11.7 Å². The minimum atomic E-state index is -1.02. The second-order valence-electron chi connectivity index (χ2n) is 8.00. The molecule has 30 heavy (non-hydrogen) atoms. The molecule has 2 aromatic rings. The number of fused-ring (bicyclic) bond motifs is 4. The number of pyridine rings is 1. The average molecular weight is 408 g/mol. The first-order chi connectivity index (χ1) is 14.4. The Bertz CT molecular complexity index is 1030. The number of primary amides is 1. The lowest BCUT2D eigenvalue weighted by Gasteiger charge is -2.43. The fourth-order valence-electron chi connectivity index (χ4n) is 4.53. The minimum absolute atomic E-state index is 0.0243. The summed E-state index contributed by atoms with van der Waals surface area (Å²) in [6.45, 7) is 1.48. The topological polar surface area (TPSA) is 114 Å². The molecule has 2 aliphatic heterocycles. The lowest BCUT2D eigenvalue weighted by atomic mass is 9.83. The molecule has 0 aliphatic carbocycles. The summed E-state index contributed by atoms with van der Waals surface area (Å²) in [5.41, 5.74) is 6.66. The maximum absolute atomic E-state index is 13.2. The summed E-state index contributed by atoms with van der Waals surface area (Å²) < 4.78 is 1.79. The quantitative estimate of drug-likeness (QED) is 0.748. The minimum Gasteiger partial charge on any atom is -0.370 e. The van der Waals surface area contributed by atoms with Gasteiger partial charge < -0.3 is 20.5 Å². The maximum Gasteiger partial charge on any atom is 0.251 e. The number of carbonyl (C=O) groups excluding carboxylic acids is 3. The van der Waals surface area contributed by atoms with Crippen LogP contribution in [0.1, 0.15) is 34.8 Å². The fourth-order valence-corrected chi connectivity index (χ4v) is 4.53. The molecule has 1 aromatic carbocycles. The van der Waals surface area contributed by atoms with Gasteiger partial charge in [0.1, 0.15) is 6.04 Å². The second kappa shape index (κ2) is 8.14. The Morgan fingerprint density at radius 1 is 1.03 bits per heavy atom. The third-order valence-electron chi connectivity index (χ3n) is 5.84. The van der Waals surface area contributed by atoms with E-state index < -0.39 is 17.9 Å². The number of piperidine rings is 1. The highest BCUT2D eigenvalue weighted by atomic mass is 16.2. The lowest BCUT2D eigenvalue weighted by Crippen LogP contribution is -2.55. The molecule has 3 heterocycles. The van der Waals surface area contributed by atoms with Crippen molar-refractivity contribution in [1.82, 2.24) is 14.8 Å². The van der Waals surface area contributed by atoms with Crippen LogP contribution in [0, 0.1) is 5.92 Å². The first-order valence-corrected chi connectivity index (χ1v) is 10.0. The number of aromatic nitrogens is 1. The van der Waals surface area contributed by atoms with Crippen LogP contribution in [0.3, 0.4) is 0 Å². The van der Waals surface area contributed by atoms with Crippen LogP contribution in [0.5, 0.6) is 0 Å². The Kier molecular flexibility index (Phi) is 5.39. The number of hydrogen-bond acceptors (Lipinski definition) is 4. The third-order valence-corrected chi connectivity index (χ3v) is 5.84. The van der Waals surface area contributed by atoms with E-state index in [9.17, 15) is 19.2 Å². The Morgan fingerprint density at radius 3 is 2.53 bits per heavy atom. The third kappa shape index (κ3) is 3.98. The zero-order valence-corrected chi connectivity index (χ0v) is 16.5.